The summed E-state index contributed by atoms with van der Waals surface area (Å²) in [5, 5.41) is 18.7. The van der Waals surface area contributed by atoms with Crippen LogP contribution in [0, 0.1) is 11.8 Å². The first-order valence-corrected chi connectivity index (χ1v) is 13.4. The van der Waals surface area contributed by atoms with Gasteiger partial charge in [-0.3, -0.25) is 4.90 Å². The smallest absolute Gasteiger partial charge is 0.231 e. The van der Waals surface area contributed by atoms with Crippen LogP contribution in [0.3, 0.4) is 0 Å². The maximum absolute atomic E-state index is 10.5. The Morgan fingerprint density at radius 3 is 2.70 bits per heavy atom. The number of aliphatic hydroxyl groups excluding tert-OH is 1. The second-order valence-corrected chi connectivity index (χ2v) is 10.2. The van der Waals surface area contributed by atoms with Crippen LogP contribution in [-0.2, 0) is 0 Å². The van der Waals surface area contributed by atoms with Crippen LogP contribution in [-0.4, -0.2) is 88.4 Å². The average Bonchev–Trinajstić information content (AvgIpc) is 3.29. The van der Waals surface area contributed by atoms with Gasteiger partial charge in [-0.15, -0.1) is 0 Å². The topological polar surface area (TPSA) is 95.6 Å². The van der Waals surface area contributed by atoms with Crippen LogP contribution < -0.4 is 15.5 Å². The van der Waals surface area contributed by atoms with E-state index in [1.54, 1.807) is 6.20 Å². The molecule has 0 bridgehead atoms. The zero-order chi connectivity index (χ0) is 25.8. The number of nitrogens with one attached hydrogen (secondary N) is 3. The number of halogens is 1. The SMILES string of the molecule is CCC#CC(O)N1CCC[C@@H](Nc2nc(Nc3ccc(N4CCN(C)CC4)cc3)nc3[nH]cc(Cl)c23)C1. The molecule has 1 aromatic carbocycles. The van der Waals surface area contributed by atoms with Crippen molar-refractivity contribution < 1.29 is 5.11 Å². The third-order valence-corrected chi connectivity index (χ3v) is 7.32. The largest absolute Gasteiger partial charge is 0.369 e. The summed E-state index contributed by atoms with van der Waals surface area (Å²) in [6, 6.07) is 8.51. The number of anilines is 4. The molecule has 2 fully saturated rings. The van der Waals surface area contributed by atoms with Gasteiger partial charge in [0.25, 0.3) is 0 Å². The van der Waals surface area contributed by atoms with Crippen molar-refractivity contribution in [3.63, 3.8) is 0 Å². The summed E-state index contributed by atoms with van der Waals surface area (Å²) in [6.07, 6.45) is 3.64. The van der Waals surface area contributed by atoms with Crippen molar-refractivity contribution in [2.45, 2.75) is 38.5 Å². The Bertz CT molecular complexity index is 1260. The molecule has 2 aliphatic rings. The lowest BCUT2D eigenvalue weighted by molar-refractivity contribution is 0.0318. The summed E-state index contributed by atoms with van der Waals surface area (Å²) >= 11 is 6.50. The van der Waals surface area contributed by atoms with Gasteiger partial charge in [0.2, 0.25) is 5.95 Å². The number of hydrogen-bond donors (Lipinski definition) is 4. The Labute approximate surface area is 223 Å². The van der Waals surface area contributed by atoms with Crippen molar-refractivity contribution in [1.29, 1.82) is 0 Å². The maximum Gasteiger partial charge on any atom is 0.231 e. The molecule has 0 radical (unpaired) electrons. The molecule has 2 aromatic heterocycles. The van der Waals surface area contributed by atoms with Crippen molar-refractivity contribution in [3.8, 4) is 11.8 Å². The van der Waals surface area contributed by atoms with Crippen LogP contribution >= 0.6 is 11.6 Å². The monoisotopic (exact) mass is 522 g/mol. The molecule has 3 aromatic rings. The summed E-state index contributed by atoms with van der Waals surface area (Å²) in [6.45, 7) is 7.69. The predicted molar refractivity (Wildman–Crippen MR) is 151 cm³/mol. The summed E-state index contributed by atoms with van der Waals surface area (Å²) in [7, 11) is 2.16. The zero-order valence-corrected chi connectivity index (χ0v) is 22.2. The number of fused-ring (bicyclic) bond motifs is 1. The van der Waals surface area contributed by atoms with Crippen molar-refractivity contribution in [2.75, 3.05) is 61.8 Å². The number of piperidine rings is 1. The molecule has 0 aliphatic carbocycles. The molecular formula is C27H35ClN8O. The average molecular weight is 523 g/mol. The van der Waals surface area contributed by atoms with Gasteiger partial charge >= 0.3 is 0 Å². The van der Waals surface area contributed by atoms with Crippen molar-refractivity contribution >= 4 is 45.8 Å². The fraction of sp³-hybridized carbons (Fsp3) is 0.481. The molecule has 0 spiro atoms. The number of nitrogens with zero attached hydrogens (tertiary/aromatic N) is 5. The highest BCUT2D eigenvalue weighted by molar-refractivity contribution is 6.36. The molecule has 37 heavy (non-hydrogen) atoms. The van der Waals surface area contributed by atoms with Crippen LogP contribution in [0.1, 0.15) is 26.2 Å². The minimum atomic E-state index is -0.753. The number of aromatic amines is 1. The van der Waals surface area contributed by atoms with E-state index in [1.807, 2.05) is 11.8 Å². The third-order valence-electron chi connectivity index (χ3n) is 7.02. The summed E-state index contributed by atoms with van der Waals surface area (Å²) in [5.74, 6) is 7.06. The Balaban J connectivity index is 1.32. The molecule has 196 valence electrons. The molecule has 0 saturated carbocycles. The van der Waals surface area contributed by atoms with E-state index in [9.17, 15) is 5.11 Å². The number of H-pyrrole nitrogens is 1. The lowest BCUT2D eigenvalue weighted by Crippen LogP contribution is -2.46. The highest BCUT2D eigenvalue weighted by Crippen LogP contribution is 2.31. The maximum atomic E-state index is 10.5. The molecule has 1 unspecified atom stereocenters. The van der Waals surface area contributed by atoms with Gasteiger partial charge in [0, 0.05) is 69.3 Å². The number of piperazine rings is 1. The van der Waals surface area contributed by atoms with Crippen molar-refractivity contribution in [2.24, 2.45) is 0 Å². The summed E-state index contributed by atoms with van der Waals surface area (Å²) < 4.78 is 0. The predicted octanol–water partition coefficient (Wildman–Crippen LogP) is 3.71. The standard InChI is InChI=1S/C27H35ClN8O/c1-3-4-7-23(37)36-12-5-6-20(18-36)30-26-24-22(28)17-29-25(24)32-27(33-26)31-19-8-10-21(11-9-19)35-15-13-34(2)14-16-35/h8-11,17,20,23,37H,3,5-6,12-16,18H2,1-2H3,(H3,29,30,31,32,33)/t20-,23?/m1/s1. The first-order valence-electron chi connectivity index (χ1n) is 13.0. The lowest BCUT2D eigenvalue weighted by Gasteiger charge is -2.34. The van der Waals surface area contributed by atoms with E-state index in [0.29, 0.717) is 29.0 Å². The molecule has 2 atom stereocenters. The van der Waals surface area contributed by atoms with Gasteiger partial charge in [0.1, 0.15) is 11.5 Å². The number of benzene rings is 1. The van der Waals surface area contributed by atoms with Crippen LogP contribution in [0.15, 0.2) is 30.5 Å². The van der Waals surface area contributed by atoms with E-state index < -0.39 is 6.23 Å². The van der Waals surface area contributed by atoms with Gasteiger partial charge in [-0.25, -0.2) is 0 Å². The van der Waals surface area contributed by atoms with E-state index in [4.69, 9.17) is 16.6 Å². The number of likely N-dealkylation sites (tertiary alicyclic amines) is 1. The van der Waals surface area contributed by atoms with Gasteiger partial charge in [-0.1, -0.05) is 30.4 Å². The number of hydrogen-bond acceptors (Lipinski definition) is 8. The van der Waals surface area contributed by atoms with E-state index in [1.165, 1.54) is 5.69 Å². The molecule has 0 amide bonds. The van der Waals surface area contributed by atoms with Crippen LogP contribution in [0.5, 0.6) is 0 Å². The minimum Gasteiger partial charge on any atom is -0.369 e. The second-order valence-electron chi connectivity index (χ2n) is 9.75. The lowest BCUT2D eigenvalue weighted by atomic mass is 10.1. The molecule has 4 N–H and O–H groups in total. The molecule has 2 aliphatic heterocycles. The van der Waals surface area contributed by atoms with Crippen LogP contribution in [0.4, 0.5) is 23.1 Å². The number of aromatic nitrogens is 3. The number of rotatable bonds is 6. The fourth-order valence-electron chi connectivity index (χ4n) is 4.93. The number of likely N-dealkylation sites (N-methyl/N-ethyl adjacent to an activating group) is 1. The zero-order valence-electron chi connectivity index (χ0n) is 21.5. The first-order chi connectivity index (χ1) is 18.0. The third kappa shape index (κ3) is 6.11. The number of aliphatic hydroxyl groups is 1. The molecule has 10 heteroatoms. The van der Waals surface area contributed by atoms with Crippen molar-refractivity contribution in [1.82, 2.24) is 24.8 Å². The van der Waals surface area contributed by atoms with Gasteiger partial charge in [-0.2, -0.15) is 9.97 Å². The van der Waals surface area contributed by atoms with E-state index in [0.717, 1.165) is 63.1 Å². The van der Waals surface area contributed by atoms with Crippen LogP contribution in [0.2, 0.25) is 5.02 Å². The molecular weight excluding hydrogens is 488 g/mol. The fourth-order valence-corrected chi connectivity index (χ4v) is 5.16. The van der Waals surface area contributed by atoms with Gasteiger partial charge < -0.3 is 30.5 Å². The summed E-state index contributed by atoms with van der Waals surface area (Å²) in [4.78, 5) is 19.4. The minimum absolute atomic E-state index is 0.103. The van der Waals surface area contributed by atoms with Crippen molar-refractivity contribution in [3.05, 3.63) is 35.5 Å². The molecule has 5 rings (SSSR count). The van der Waals surface area contributed by atoms with E-state index >= 15 is 0 Å². The normalized spacial score (nSPS) is 19.9. The Morgan fingerprint density at radius 2 is 1.95 bits per heavy atom. The molecule has 2 saturated heterocycles. The van der Waals surface area contributed by atoms with Gasteiger partial charge in [-0.05, 0) is 44.2 Å². The Kier molecular flexibility index (Phi) is 8.01. The van der Waals surface area contributed by atoms with Crippen LogP contribution in [0.25, 0.3) is 11.0 Å². The van der Waals surface area contributed by atoms with E-state index in [-0.39, 0.29) is 6.04 Å². The second kappa shape index (κ2) is 11.6. The first kappa shape index (κ1) is 25.6. The van der Waals surface area contributed by atoms with E-state index in [2.05, 4.69) is 73.6 Å². The quantitative estimate of drug-likeness (QED) is 0.364. The molecule has 4 heterocycles. The highest BCUT2D eigenvalue weighted by atomic mass is 35.5. The van der Waals surface area contributed by atoms with Gasteiger partial charge in [0.15, 0.2) is 6.23 Å². The van der Waals surface area contributed by atoms with Gasteiger partial charge in [0.05, 0.1) is 10.4 Å². The Hall–Kier alpha value is -3.03. The highest BCUT2D eigenvalue weighted by Gasteiger charge is 2.25. The summed E-state index contributed by atoms with van der Waals surface area (Å²) in [5.41, 5.74) is 2.81. The Morgan fingerprint density at radius 1 is 1.16 bits per heavy atom. The molecule has 9 nitrogen and oxygen atoms in total.